The minimum Gasteiger partial charge on any atom is -0.389 e. The van der Waals surface area contributed by atoms with Gasteiger partial charge in [-0.3, -0.25) is 15.1 Å². The van der Waals surface area contributed by atoms with Crippen LogP contribution in [0.25, 0.3) is 0 Å². The van der Waals surface area contributed by atoms with E-state index >= 15 is 0 Å². The predicted octanol–water partition coefficient (Wildman–Crippen LogP) is 1.38. The van der Waals surface area contributed by atoms with Crippen LogP contribution in [0.3, 0.4) is 0 Å². The number of carbonyl (C=O) groups excluding carboxylic acids is 1. The Morgan fingerprint density at radius 1 is 1.47 bits per heavy atom. The minimum atomic E-state index is -0.340. The summed E-state index contributed by atoms with van der Waals surface area (Å²) in [6, 6.07) is 3.22. The number of aromatic nitrogens is 3. The van der Waals surface area contributed by atoms with Gasteiger partial charge < -0.3 is 5.73 Å². The van der Waals surface area contributed by atoms with Crippen molar-refractivity contribution in [1.82, 2.24) is 15.2 Å². The average Bonchev–Trinajstić information content (AvgIpc) is 2.86. The minimum absolute atomic E-state index is 0.246. The number of nitrogens with two attached hydrogens (primary N) is 1. The summed E-state index contributed by atoms with van der Waals surface area (Å²) in [7, 11) is 0. The van der Waals surface area contributed by atoms with Crippen LogP contribution < -0.4 is 11.1 Å². The highest BCUT2D eigenvalue weighted by atomic mass is 32.1. The molecular formula is C11H11N5OS2. The van der Waals surface area contributed by atoms with Crippen molar-refractivity contribution < 1.29 is 4.79 Å². The summed E-state index contributed by atoms with van der Waals surface area (Å²) in [5, 5.41) is 11.8. The Balaban J connectivity index is 2.09. The fourth-order valence-corrected chi connectivity index (χ4v) is 2.08. The third kappa shape index (κ3) is 3.30. The zero-order valence-corrected chi connectivity index (χ0v) is 11.7. The number of anilines is 1. The monoisotopic (exact) mass is 293 g/mol. The molecule has 0 aliphatic rings. The van der Waals surface area contributed by atoms with E-state index in [1.165, 1.54) is 17.5 Å². The number of pyridine rings is 1. The molecule has 19 heavy (non-hydrogen) atoms. The highest BCUT2D eigenvalue weighted by Crippen LogP contribution is 2.16. The first kappa shape index (κ1) is 13.5. The van der Waals surface area contributed by atoms with Crippen molar-refractivity contribution in [2.24, 2.45) is 5.73 Å². The first-order valence-electron chi connectivity index (χ1n) is 5.49. The zero-order chi connectivity index (χ0) is 13.8. The van der Waals surface area contributed by atoms with Crippen molar-refractivity contribution >= 4 is 39.6 Å². The van der Waals surface area contributed by atoms with Crippen molar-refractivity contribution in [2.75, 3.05) is 5.32 Å². The van der Waals surface area contributed by atoms with Crippen LogP contribution >= 0.6 is 23.6 Å². The lowest BCUT2D eigenvalue weighted by Crippen LogP contribution is -2.15. The molecular weight excluding hydrogens is 282 g/mol. The number of carbonyl (C=O) groups is 1. The normalized spacial score (nSPS) is 10.2. The van der Waals surface area contributed by atoms with Crippen LogP contribution in [0.5, 0.6) is 0 Å². The highest BCUT2D eigenvalue weighted by Gasteiger charge is 2.11. The molecule has 2 heterocycles. The zero-order valence-electron chi connectivity index (χ0n) is 10.1. The second-order valence-electron chi connectivity index (χ2n) is 3.60. The molecule has 6 nitrogen and oxygen atoms in total. The number of hydrogen-bond acceptors (Lipinski definition) is 6. The van der Waals surface area contributed by atoms with Gasteiger partial charge in [0, 0.05) is 11.8 Å². The van der Waals surface area contributed by atoms with E-state index < -0.39 is 0 Å². The Labute approximate surface area is 119 Å². The summed E-state index contributed by atoms with van der Waals surface area (Å²) in [5.74, 6) is -0.340. The fraction of sp³-hybridized carbons (Fsp3) is 0.182. The molecule has 0 unspecified atom stereocenters. The lowest BCUT2D eigenvalue weighted by atomic mass is 10.2. The summed E-state index contributed by atoms with van der Waals surface area (Å²) < 4.78 is 0. The fourth-order valence-electron chi connectivity index (χ4n) is 1.28. The quantitative estimate of drug-likeness (QED) is 0.827. The van der Waals surface area contributed by atoms with Gasteiger partial charge in [-0.2, -0.15) is 0 Å². The molecule has 0 spiro atoms. The van der Waals surface area contributed by atoms with Crippen molar-refractivity contribution in [3.63, 3.8) is 0 Å². The van der Waals surface area contributed by atoms with Gasteiger partial charge in [-0.1, -0.05) is 30.5 Å². The van der Waals surface area contributed by atoms with E-state index in [-0.39, 0.29) is 16.6 Å². The Hall–Kier alpha value is -1.93. The Kier molecular flexibility index (Phi) is 4.13. The summed E-state index contributed by atoms with van der Waals surface area (Å²) in [6.07, 6.45) is 2.25. The van der Waals surface area contributed by atoms with E-state index in [0.29, 0.717) is 10.7 Å². The number of aryl methyl sites for hydroxylation is 1. The lowest BCUT2D eigenvalue weighted by Gasteiger charge is -2.01. The molecule has 3 N–H and O–H groups in total. The van der Waals surface area contributed by atoms with Gasteiger partial charge in [0.25, 0.3) is 5.91 Å². The van der Waals surface area contributed by atoms with Crippen LogP contribution in [0.2, 0.25) is 0 Å². The maximum absolute atomic E-state index is 11.9. The van der Waals surface area contributed by atoms with Crippen LogP contribution in [0, 0.1) is 0 Å². The summed E-state index contributed by atoms with van der Waals surface area (Å²) in [6.45, 7) is 1.97. The maximum atomic E-state index is 11.9. The van der Waals surface area contributed by atoms with Gasteiger partial charge in [-0.05, 0) is 18.6 Å². The van der Waals surface area contributed by atoms with E-state index in [1.807, 2.05) is 6.92 Å². The molecule has 2 rings (SSSR count). The molecule has 2 aromatic heterocycles. The smallest absolute Gasteiger partial charge is 0.276 e. The SMILES string of the molecule is CCc1nnc(NC(=O)c2ccc(C(N)=S)cn2)s1. The number of rotatable bonds is 4. The number of nitrogens with one attached hydrogen (secondary N) is 1. The number of thiocarbonyl (C=S) groups is 1. The van der Waals surface area contributed by atoms with Gasteiger partial charge in [-0.25, -0.2) is 0 Å². The van der Waals surface area contributed by atoms with Gasteiger partial charge >= 0.3 is 0 Å². The molecule has 0 bridgehead atoms. The van der Waals surface area contributed by atoms with Crippen LogP contribution in [0.4, 0.5) is 5.13 Å². The lowest BCUT2D eigenvalue weighted by molar-refractivity contribution is 0.102. The first-order valence-corrected chi connectivity index (χ1v) is 6.72. The van der Waals surface area contributed by atoms with Crippen LogP contribution in [-0.4, -0.2) is 26.1 Å². The molecule has 2 aromatic rings. The third-order valence-electron chi connectivity index (χ3n) is 2.27. The average molecular weight is 293 g/mol. The van der Waals surface area contributed by atoms with Crippen LogP contribution in [0.15, 0.2) is 18.3 Å². The van der Waals surface area contributed by atoms with Crippen LogP contribution in [-0.2, 0) is 6.42 Å². The van der Waals surface area contributed by atoms with E-state index in [0.717, 1.165) is 11.4 Å². The molecule has 98 valence electrons. The van der Waals surface area contributed by atoms with E-state index in [1.54, 1.807) is 12.1 Å². The number of amides is 1. The van der Waals surface area contributed by atoms with E-state index in [9.17, 15) is 4.79 Å². The number of hydrogen-bond donors (Lipinski definition) is 2. The highest BCUT2D eigenvalue weighted by molar-refractivity contribution is 7.80. The molecule has 0 saturated heterocycles. The Morgan fingerprint density at radius 2 is 2.26 bits per heavy atom. The standard InChI is InChI=1S/C11H11N5OS2/c1-2-8-15-16-11(19-8)14-10(17)7-4-3-6(5-13-7)9(12)18/h3-5H,2H2,1H3,(H2,12,18)(H,14,16,17). The molecule has 0 aromatic carbocycles. The van der Waals surface area contributed by atoms with E-state index in [2.05, 4.69) is 20.5 Å². The molecule has 0 aliphatic heterocycles. The molecule has 0 radical (unpaired) electrons. The second-order valence-corrected chi connectivity index (χ2v) is 5.11. The Morgan fingerprint density at radius 3 is 2.79 bits per heavy atom. The van der Waals surface area contributed by atoms with Crippen molar-refractivity contribution in [2.45, 2.75) is 13.3 Å². The Bertz CT molecular complexity index is 608. The topological polar surface area (TPSA) is 93.8 Å². The van der Waals surface area contributed by atoms with Gasteiger partial charge in [0.2, 0.25) is 5.13 Å². The molecule has 1 amide bonds. The summed E-state index contributed by atoms with van der Waals surface area (Å²) >= 11 is 6.15. The maximum Gasteiger partial charge on any atom is 0.276 e. The van der Waals surface area contributed by atoms with Gasteiger partial charge in [0.15, 0.2) is 0 Å². The summed E-state index contributed by atoms with van der Waals surface area (Å²) in [5.41, 5.74) is 6.35. The van der Waals surface area contributed by atoms with Gasteiger partial charge in [0.05, 0.1) is 0 Å². The summed E-state index contributed by atoms with van der Waals surface area (Å²) in [4.78, 5) is 16.1. The van der Waals surface area contributed by atoms with Crippen molar-refractivity contribution in [3.05, 3.63) is 34.6 Å². The van der Waals surface area contributed by atoms with Crippen molar-refractivity contribution in [3.8, 4) is 0 Å². The second kappa shape index (κ2) is 5.81. The van der Waals surface area contributed by atoms with Gasteiger partial charge in [-0.15, -0.1) is 10.2 Å². The van der Waals surface area contributed by atoms with E-state index in [4.69, 9.17) is 18.0 Å². The largest absolute Gasteiger partial charge is 0.389 e. The van der Waals surface area contributed by atoms with Crippen LogP contribution in [0.1, 0.15) is 28.0 Å². The van der Waals surface area contributed by atoms with Crippen molar-refractivity contribution in [1.29, 1.82) is 0 Å². The first-order chi connectivity index (χ1) is 9.10. The molecule has 0 aliphatic carbocycles. The van der Waals surface area contributed by atoms with Gasteiger partial charge in [0.1, 0.15) is 15.7 Å². The molecule has 8 heteroatoms. The molecule has 0 saturated carbocycles. The molecule has 0 atom stereocenters. The third-order valence-corrected chi connectivity index (χ3v) is 3.49. The predicted molar refractivity (Wildman–Crippen MR) is 77.4 cm³/mol. The number of nitrogens with zero attached hydrogens (tertiary/aromatic N) is 3. The molecule has 0 fully saturated rings.